The van der Waals surface area contributed by atoms with Gasteiger partial charge in [-0.05, 0) is 49.1 Å². The van der Waals surface area contributed by atoms with Gasteiger partial charge in [0.05, 0.1) is 6.42 Å². The summed E-state index contributed by atoms with van der Waals surface area (Å²) in [5, 5.41) is 3.48. The second-order valence-corrected chi connectivity index (χ2v) is 7.57. The van der Waals surface area contributed by atoms with Crippen LogP contribution in [0.1, 0.15) is 44.7 Å². The van der Waals surface area contributed by atoms with Crippen LogP contribution in [0.5, 0.6) is 0 Å². The van der Waals surface area contributed by atoms with E-state index < -0.39 is 6.04 Å². The highest BCUT2D eigenvalue weighted by molar-refractivity contribution is 6.31. The zero-order chi connectivity index (χ0) is 21.4. The van der Waals surface area contributed by atoms with Gasteiger partial charge in [0.25, 0.3) is 0 Å². The lowest BCUT2D eigenvalue weighted by molar-refractivity contribution is -0.141. The number of nitrogens with zero attached hydrogens (tertiary/aromatic N) is 1. The maximum atomic E-state index is 13.3. The highest BCUT2D eigenvalue weighted by Crippen LogP contribution is 2.19. The Morgan fingerprint density at radius 3 is 2.31 bits per heavy atom. The molecule has 0 aromatic heterocycles. The van der Waals surface area contributed by atoms with Crippen LogP contribution in [0.2, 0.25) is 5.02 Å². The van der Waals surface area contributed by atoms with Gasteiger partial charge in [0.1, 0.15) is 11.9 Å². The third-order valence-corrected chi connectivity index (χ3v) is 5.32. The smallest absolute Gasteiger partial charge is 0.243 e. The minimum atomic E-state index is -0.621. The topological polar surface area (TPSA) is 49.4 Å². The molecule has 1 N–H and O–H groups in total. The minimum absolute atomic E-state index is 0.0166. The molecule has 6 heteroatoms. The summed E-state index contributed by atoms with van der Waals surface area (Å²) in [4.78, 5) is 27.6. The Morgan fingerprint density at radius 2 is 1.72 bits per heavy atom. The lowest BCUT2D eigenvalue weighted by Gasteiger charge is -2.31. The Labute approximate surface area is 177 Å². The number of nitrogens with one attached hydrogen (secondary N) is 1. The molecule has 0 aliphatic rings. The second-order valence-electron chi connectivity index (χ2n) is 7.16. The molecule has 2 unspecified atom stereocenters. The van der Waals surface area contributed by atoms with Crippen LogP contribution in [0.15, 0.2) is 48.5 Å². The number of carbonyl (C=O) groups excluding carboxylic acids is 2. The lowest BCUT2D eigenvalue weighted by Crippen LogP contribution is -2.51. The Kier molecular flexibility index (Phi) is 8.65. The first-order valence-electron chi connectivity index (χ1n) is 9.93. The number of halogens is 2. The van der Waals surface area contributed by atoms with Gasteiger partial charge in [-0.3, -0.25) is 9.59 Å². The van der Waals surface area contributed by atoms with E-state index in [0.29, 0.717) is 17.0 Å². The standard InChI is InChI=1S/C23H28ClFN2O2/c1-4-16(3)26-23(29)21(5-2)27(15-17-10-12-19(25)13-11-17)22(28)14-18-8-6-7-9-20(18)24/h6-13,16,21H,4-5,14-15H2,1-3H3,(H,26,29). The van der Waals surface area contributed by atoms with Crippen molar-refractivity contribution in [1.82, 2.24) is 10.2 Å². The van der Waals surface area contributed by atoms with Crippen LogP contribution in [0.4, 0.5) is 4.39 Å². The molecule has 156 valence electrons. The molecule has 0 radical (unpaired) electrons. The third-order valence-electron chi connectivity index (χ3n) is 4.95. The molecule has 2 atom stereocenters. The van der Waals surface area contributed by atoms with Crippen molar-refractivity contribution in [3.8, 4) is 0 Å². The number of hydrogen-bond donors (Lipinski definition) is 1. The summed E-state index contributed by atoms with van der Waals surface area (Å²) in [6.07, 6.45) is 1.36. The van der Waals surface area contributed by atoms with Gasteiger partial charge in [-0.1, -0.05) is 55.8 Å². The highest BCUT2D eigenvalue weighted by Gasteiger charge is 2.29. The van der Waals surface area contributed by atoms with E-state index >= 15 is 0 Å². The Bertz CT molecular complexity index is 826. The number of carbonyl (C=O) groups is 2. The number of rotatable bonds is 9. The molecule has 2 aromatic carbocycles. The van der Waals surface area contributed by atoms with Gasteiger partial charge >= 0.3 is 0 Å². The van der Waals surface area contributed by atoms with E-state index in [1.54, 1.807) is 35.2 Å². The maximum absolute atomic E-state index is 13.3. The summed E-state index contributed by atoms with van der Waals surface area (Å²) in [5.74, 6) is -0.728. The van der Waals surface area contributed by atoms with Crippen LogP contribution in [0, 0.1) is 5.82 Å². The monoisotopic (exact) mass is 418 g/mol. The van der Waals surface area contributed by atoms with E-state index in [0.717, 1.165) is 12.0 Å². The molecular formula is C23H28ClFN2O2. The largest absolute Gasteiger partial charge is 0.352 e. The number of amides is 2. The van der Waals surface area contributed by atoms with Crippen LogP contribution in [0.25, 0.3) is 0 Å². The van der Waals surface area contributed by atoms with Gasteiger partial charge in [-0.2, -0.15) is 0 Å². The quantitative estimate of drug-likeness (QED) is 0.639. The Morgan fingerprint density at radius 1 is 1.07 bits per heavy atom. The van der Waals surface area contributed by atoms with Crippen molar-refractivity contribution in [2.24, 2.45) is 0 Å². The molecule has 2 rings (SSSR count). The van der Waals surface area contributed by atoms with Gasteiger partial charge in [0.2, 0.25) is 11.8 Å². The van der Waals surface area contributed by atoms with Gasteiger partial charge in [0.15, 0.2) is 0 Å². The van der Waals surface area contributed by atoms with E-state index in [9.17, 15) is 14.0 Å². The van der Waals surface area contributed by atoms with Gasteiger partial charge in [0, 0.05) is 17.6 Å². The molecule has 29 heavy (non-hydrogen) atoms. The highest BCUT2D eigenvalue weighted by atomic mass is 35.5. The molecule has 0 aliphatic carbocycles. The summed E-state index contributed by atoms with van der Waals surface area (Å²) >= 11 is 6.22. The maximum Gasteiger partial charge on any atom is 0.243 e. The first kappa shape index (κ1) is 22.9. The van der Waals surface area contributed by atoms with Crippen LogP contribution in [-0.2, 0) is 22.6 Å². The first-order chi connectivity index (χ1) is 13.8. The van der Waals surface area contributed by atoms with Crippen molar-refractivity contribution < 1.29 is 14.0 Å². The second kappa shape index (κ2) is 11.0. The molecule has 0 spiro atoms. The third kappa shape index (κ3) is 6.57. The molecule has 2 aromatic rings. The molecule has 0 fully saturated rings. The fourth-order valence-electron chi connectivity index (χ4n) is 3.05. The van der Waals surface area contributed by atoms with Crippen molar-refractivity contribution in [2.75, 3.05) is 0 Å². The minimum Gasteiger partial charge on any atom is -0.352 e. The average Bonchev–Trinajstić information content (AvgIpc) is 2.70. The summed E-state index contributed by atoms with van der Waals surface area (Å²) < 4.78 is 13.3. The molecule has 0 saturated heterocycles. The van der Waals surface area contributed by atoms with Gasteiger partial charge < -0.3 is 10.2 Å². The van der Waals surface area contributed by atoms with E-state index in [-0.39, 0.29) is 36.6 Å². The molecule has 0 saturated carbocycles. The predicted molar refractivity (Wildman–Crippen MR) is 114 cm³/mol. The Hall–Kier alpha value is -2.40. The van der Waals surface area contributed by atoms with E-state index in [1.165, 1.54) is 12.1 Å². The normalized spacial score (nSPS) is 12.9. The van der Waals surface area contributed by atoms with Crippen molar-refractivity contribution in [1.29, 1.82) is 0 Å². The lowest BCUT2D eigenvalue weighted by atomic mass is 10.1. The van der Waals surface area contributed by atoms with Crippen LogP contribution >= 0.6 is 11.6 Å². The van der Waals surface area contributed by atoms with Crippen molar-refractivity contribution >= 4 is 23.4 Å². The summed E-state index contributed by atoms with van der Waals surface area (Å²) in [6.45, 7) is 6.02. The molecule has 0 heterocycles. The number of benzene rings is 2. The van der Waals surface area contributed by atoms with Crippen molar-refractivity contribution in [2.45, 2.75) is 58.7 Å². The van der Waals surface area contributed by atoms with Crippen LogP contribution < -0.4 is 5.32 Å². The van der Waals surface area contributed by atoms with Gasteiger partial charge in [-0.25, -0.2) is 4.39 Å². The van der Waals surface area contributed by atoms with E-state index in [2.05, 4.69) is 5.32 Å². The summed E-state index contributed by atoms with van der Waals surface area (Å²) in [7, 11) is 0. The molecule has 0 bridgehead atoms. The SMILES string of the molecule is CCC(C)NC(=O)C(CC)N(Cc1ccc(F)cc1)C(=O)Cc1ccccc1Cl. The first-order valence-corrected chi connectivity index (χ1v) is 10.3. The van der Waals surface area contributed by atoms with E-state index in [4.69, 9.17) is 11.6 Å². The zero-order valence-electron chi connectivity index (χ0n) is 17.1. The molecule has 0 aliphatic heterocycles. The van der Waals surface area contributed by atoms with E-state index in [1.807, 2.05) is 26.8 Å². The molecule has 4 nitrogen and oxygen atoms in total. The van der Waals surface area contributed by atoms with Crippen molar-refractivity contribution in [3.63, 3.8) is 0 Å². The Balaban J connectivity index is 2.29. The summed E-state index contributed by atoms with van der Waals surface area (Å²) in [6, 6.07) is 12.5. The van der Waals surface area contributed by atoms with Crippen LogP contribution in [-0.4, -0.2) is 28.8 Å². The molecular weight excluding hydrogens is 391 g/mol. The average molecular weight is 419 g/mol. The fraction of sp³-hybridized carbons (Fsp3) is 0.391. The fourth-order valence-corrected chi connectivity index (χ4v) is 3.26. The van der Waals surface area contributed by atoms with Crippen LogP contribution in [0.3, 0.4) is 0 Å². The summed E-state index contributed by atoms with van der Waals surface area (Å²) in [5.41, 5.74) is 1.47. The van der Waals surface area contributed by atoms with Crippen molar-refractivity contribution in [3.05, 3.63) is 70.5 Å². The van der Waals surface area contributed by atoms with Gasteiger partial charge in [-0.15, -0.1) is 0 Å². The number of hydrogen-bond acceptors (Lipinski definition) is 2. The molecule has 2 amide bonds. The zero-order valence-corrected chi connectivity index (χ0v) is 17.9. The predicted octanol–water partition coefficient (Wildman–Crippen LogP) is 4.74.